The second-order valence-corrected chi connectivity index (χ2v) is 5.41. The van der Waals surface area contributed by atoms with E-state index in [1.54, 1.807) is 7.05 Å². The standard InChI is InChI=1S/C14H16ClN5O/c1-18-16-10-13(17-18)14(21)20-7-5-19(6-8-20)12-4-2-3-11(15)9-12/h2-4,9-10H,5-8H2,1H3. The number of nitrogens with zero attached hydrogens (tertiary/aromatic N) is 5. The lowest BCUT2D eigenvalue weighted by Gasteiger charge is -2.35. The maximum atomic E-state index is 12.3. The maximum Gasteiger partial charge on any atom is 0.276 e. The van der Waals surface area contributed by atoms with E-state index in [2.05, 4.69) is 15.1 Å². The van der Waals surface area contributed by atoms with E-state index >= 15 is 0 Å². The van der Waals surface area contributed by atoms with E-state index in [1.807, 2.05) is 29.2 Å². The first-order valence-electron chi connectivity index (χ1n) is 6.79. The Bertz CT molecular complexity index is 648. The molecule has 0 saturated carbocycles. The van der Waals surface area contributed by atoms with Crippen LogP contribution < -0.4 is 4.90 Å². The molecular formula is C14H16ClN5O. The van der Waals surface area contributed by atoms with Crippen molar-refractivity contribution in [3.63, 3.8) is 0 Å². The Labute approximate surface area is 127 Å². The molecule has 0 unspecified atom stereocenters. The van der Waals surface area contributed by atoms with E-state index in [4.69, 9.17) is 11.6 Å². The van der Waals surface area contributed by atoms with Crippen LogP contribution in [0.3, 0.4) is 0 Å². The molecule has 0 bridgehead atoms. The summed E-state index contributed by atoms with van der Waals surface area (Å²) in [4.78, 5) is 17.7. The fraction of sp³-hybridized carbons (Fsp3) is 0.357. The summed E-state index contributed by atoms with van der Waals surface area (Å²) in [6.45, 7) is 2.91. The molecular weight excluding hydrogens is 290 g/mol. The van der Waals surface area contributed by atoms with Gasteiger partial charge in [-0.05, 0) is 18.2 Å². The quantitative estimate of drug-likeness (QED) is 0.842. The van der Waals surface area contributed by atoms with Gasteiger partial charge in [-0.1, -0.05) is 17.7 Å². The van der Waals surface area contributed by atoms with Crippen molar-refractivity contribution in [2.24, 2.45) is 7.05 Å². The Morgan fingerprint density at radius 3 is 2.62 bits per heavy atom. The molecule has 1 amide bonds. The number of hydrogen-bond donors (Lipinski definition) is 0. The first-order chi connectivity index (χ1) is 10.1. The zero-order valence-corrected chi connectivity index (χ0v) is 12.5. The van der Waals surface area contributed by atoms with E-state index in [0.717, 1.165) is 23.8 Å². The number of rotatable bonds is 2. The second kappa shape index (κ2) is 5.73. The zero-order valence-electron chi connectivity index (χ0n) is 11.7. The number of aryl methyl sites for hydroxylation is 1. The Balaban J connectivity index is 1.64. The molecule has 21 heavy (non-hydrogen) atoms. The number of halogens is 1. The highest BCUT2D eigenvalue weighted by Gasteiger charge is 2.24. The third-order valence-corrected chi connectivity index (χ3v) is 3.79. The molecule has 0 N–H and O–H groups in total. The molecule has 0 aliphatic carbocycles. The third kappa shape index (κ3) is 3.00. The first-order valence-corrected chi connectivity index (χ1v) is 7.17. The summed E-state index contributed by atoms with van der Waals surface area (Å²) >= 11 is 6.02. The van der Waals surface area contributed by atoms with Gasteiger partial charge in [0.25, 0.3) is 5.91 Å². The normalized spacial score (nSPS) is 15.3. The van der Waals surface area contributed by atoms with Crippen molar-refractivity contribution in [2.75, 3.05) is 31.1 Å². The summed E-state index contributed by atoms with van der Waals surface area (Å²) in [7, 11) is 1.70. The van der Waals surface area contributed by atoms with Crippen LogP contribution in [0.5, 0.6) is 0 Å². The average molecular weight is 306 g/mol. The summed E-state index contributed by atoms with van der Waals surface area (Å²) < 4.78 is 0. The van der Waals surface area contributed by atoms with Crippen molar-refractivity contribution in [3.8, 4) is 0 Å². The summed E-state index contributed by atoms with van der Waals surface area (Å²) in [6, 6.07) is 7.78. The topological polar surface area (TPSA) is 54.3 Å². The van der Waals surface area contributed by atoms with Gasteiger partial charge in [0.05, 0.1) is 6.20 Å². The minimum Gasteiger partial charge on any atom is -0.368 e. The minimum atomic E-state index is -0.0613. The summed E-state index contributed by atoms with van der Waals surface area (Å²) in [6.07, 6.45) is 1.51. The van der Waals surface area contributed by atoms with Gasteiger partial charge in [0, 0.05) is 43.9 Å². The largest absolute Gasteiger partial charge is 0.368 e. The van der Waals surface area contributed by atoms with E-state index in [-0.39, 0.29) is 5.91 Å². The Kier molecular flexibility index (Phi) is 3.79. The Morgan fingerprint density at radius 1 is 1.24 bits per heavy atom. The van der Waals surface area contributed by atoms with Crippen molar-refractivity contribution in [1.29, 1.82) is 0 Å². The highest BCUT2D eigenvalue weighted by atomic mass is 35.5. The molecule has 0 spiro atoms. The number of anilines is 1. The Hall–Kier alpha value is -2.08. The monoisotopic (exact) mass is 305 g/mol. The molecule has 1 aliphatic rings. The van der Waals surface area contributed by atoms with Crippen molar-refractivity contribution in [3.05, 3.63) is 41.2 Å². The summed E-state index contributed by atoms with van der Waals surface area (Å²) in [5, 5.41) is 8.72. The average Bonchev–Trinajstić information content (AvgIpc) is 2.93. The van der Waals surface area contributed by atoms with Gasteiger partial charge >= 0.3 is 0 Å². The first kappa shape index (κ1) is 13.9. The van der Waals surface area contributed by atoms with Crippen LogP contribution in [-0.4, -0.2) is 52.0 Å². The molecule has 3 rings (SSSR count). The van der Waals surface area contributed by atoms with Gasteiger partial charge in [0.1, 0.15) is 0 Å². The van der Waals surface area contributed by atoms with Crippen LogP contribution in [0, 0.1) is 0 Å². The highest BCUT2D eigenvalue weighted by molar-refractivity contribution is 6.30. The van der Waals surface area contributed by atoms with Crippen molar-refractivity contribution >= 4 is 23.2 Å². The molecule has 0 radical (unpaired) electrons. The van der Waals surface area contributed by atoms with Gasteiger partial charge < -0.3 is 9.80 Å². The van der Waals surface area contributed by atoms with Gasteiger partial charge in [-0.3, -0.25) is 4.79 Å². The van der Waals surface area contributed by atoms with Crippen LogP contribution in [0.2, 0.25) is 5.02 Å². The molecule has 2 heterocycles. The molecule has 1 aromatic carbocycles. The Morgan fingerprint density at radius 2 is 2.00 bits per heavy atom. The fourth-order valence-corrected chi connectivity index (χ4v) is 2.63. The van der Waals surface area contributed by atoms with Crippen LogP contribution in [0.4, 0.5) is 5.69 Å². The van der Waals surface area contributed by atoms with Crippen LogP contribution in [0.1, 0.15) is 10.5 Å². The van der Waals surface area contributed by atoms with Crippen LogP contribution in [0.25, 0.3) is 0 Å². The van der Waals surface area contributed by atoms with Gasteiger partial charge in [0.15, 0.2) is 5.69 Å². The maximum absolute atomic E-state index is 12.3. The molecule has 1 aromatic heterocycles. The molecule has 2 aromatic rings. The molecule has 1 fully saturated rings. The minimum absolute atomic E-state index is 0.0613. The summed E-state index contributed by atoms with van der Waals surface area (Å²) in [5.41, 5.74) is 1.49. The molecule has 1 aliphatic heterocycles. The molecule has 110 valence electrons. The number of piperazine rings is 1. The molecule has 7 heteroatoms. The fourth-order valence-electron chi connectivity index (χ4n) is 2.45. The summed E-state index contributed by atoms with van der Waals surface area (Å²) in [5.74, 6) is -0.0613. The zero-order chi connectivity index (χ0) is 14.8. The second-order valence-electron chi connectivity index (χ2n) is 4.98. The van der Waals surface area contributed by atoms with E-state index < -0.39 is 0 Å². The lowest BCUT2D eigenvalue weighted by Crippen LogP contribution is -2.48. The predicted molar refractivity (Wildman–Crippen MR) is 80.6 cm³/mol. The lowest BCUT2D eigenvalue weighted by molar-refractivity contribution is 0.0740. The van der Waals surface area contributed by atoms with E-state index in [9.17, 15) is 4.79 Å². The number of amides is 1. The SMILES string of the molecule is Cn1ncc(C(=O)N2CCN(c3cccc(Cl)c3)CC2)n1. The van der Waals surface area contributed by atoms with Gasteiger partial charge in [-0.25, -0.2) is 0 Å². The van der Waals surface area contributed by atoms with Crippen LogP contribution in [-0.2, 0) is 7.05 Å². The van der Waals surface area contributed by atoms with Gasteiger partial charge in [-0.2, -0.15) is 9.90 Å². The predicted octanol–water partition coefficient (Wildman–Crippen LogP) is 1.43. The highest BCUT2D eigenvalue weighted by Crippen LogP contribution is 2.21. The lowest BCUT2D eigenvalue weighted by atomic mass is 10.2. The molecule has 6 nitrogen and oxygen atoms in total. The van der Waals surface area contributed by atoms with Crippen molar-refractivity contribution in [1.82, 2.24) is 19.9 Å². The number of carbonyl (C=O) groups is 1. The van der Waals surface area contributed by atoms with E-state index in [0.29, 0.717) is 18.8 Å². The van der Waals surface area contributed by atoms with Gasteiger partial charge in [0.2, 0.25) is 0 Å². The van der Waals surface area contributed by atoms with Crippen molar-refractivity contribution < 1.29 is 4.79 Å². The smallest absolute Gasteiger partial charge is 0.276 e. The number of hydrogen-bond acceptors (Lipinski definition) is 4. The van der Waals surface area contributed by atoms with Crippen LogP contribution in [0.15, 0.2) is 30.5 Å². The third-order valence-electron chi connectivity index (χ3n) is 3.56. The molecule has 1 saturated heterocycles. The van der Waals surface area contributed by atoms with E-state index in [1.165, 1.54) is 11.0 Å². The van der Waals surface area contributed by atoms with Crippen LogP contribution >= 0.6 is 11.6 Å². The van der Waals surface area contributed by atoms with Crippen molar-refractivity contribution in [2.45, 2.75) is 0 Å². The number of carbonyl (C=O) groups excluding carboxylic acids is 1. The van der Waals surface area contributed by atoms with Gasteiger partial charge in [-0.15, -0.1) is 5.10 Å². The number of benzene rings is 1. The number of aromatic nitrogens is 3. The molecule has 0 atom stereocenters.